The first-order valence-corrected chi connectivity index (χ1v) is 7.96. The van der Waals surface area contributed by atoms with Gasteiger partial charge in [0.2, 0.25) is 17.4 Å². The van der Waals surface area contributed by atoms with Crippen LogP contribution in [0, 0.1) is 11.6 Å². The van der Waals surface area contributed by atoms with Gasteiger partial charge in [0, 0.05) is 5.56 Å². The molecule has 1 aliphatic rings. The van der Waals surface area contributed by atoms with Crippen molar-refractivity contribution in [1.29, 1.82) is 0 Å². The molecule has 7 heteroatoms. The van der Waals surface area contributed by atoms with Crippen molar-refractivity contribution in [1.82, 2.24) is 0 Å². The van der Waals surface area contributed by atoms with Crippen LogP contribution in [-0.2, 0) is 19.5 Å². The summed E-state index contributed by atoms with van der Waals surface area (Å²) >= 11 is 1.04. The second-order valence-corrected chi connectivity index (χ2v) is 5.75. The van der Waals surface area contributed by atoms with E-state index < -0.39 is 23.5 Å². The van der Waals surface area contributed by atoms with Crippen LogP contribution in [-0.4, -0.2) is 5.78 Å². The molecule has 1 heterocycles. The highest BCUT2D eigenvalue weighted by Gasteiger charge is 2.37. The van der Waals surface area contributed by atoms with Crippen molar-refractivity contribution in [2.24, 2.45) is 5.73 Å². The van der Waals surface area contributed by atoms with E-state index >= 15 is 0 Å². The number of Topliss-reactive ketones (excluding diaryl/α,β-unsaturated/α-hetero) is 1. The monoisotopic (exact) mass is 349 g/mol. The zero-order chi connectivity index (χ0) is 17.1. The summed E-state index contributed by atoms with van der Waals surface area (Å²) in [6.45, 7) is 0. The Morgan fingerprint density at radius 3 is 2.58 bits per heavy atom. The number of ketones is 1. The lowest BCUT2D eigenvalue weighted by molar-refractivity contribution is -0.122. The van der Waals surface area contributed by atoms with E-state index in [1.165, 1.54) is 6.07 Å². The number of halogens is 2. The third-order valence-electron chi connectivity index (χ3n) is 3.39. The Hall–Kier alpha value is -2.54. The number of hydrogen-bond acceptors (Lipinski definition) is 5. The molecule has 0 saturated heterocycles. The molecule has 2 N–H and O–H groups in total. The van der Waals surface area contributed by atoms with Crippen molar-refractivity contribution in [3.8, 4) is 0 Å². The number of nitrogens with two attached hydrogens (primary N) is 1. The van der Waals surface area contributed by atoms with Crippen molar-refractivity contribution in [3.05, 3.63) is 82.9 Å². The van der Waals surface area contributed by atoms with E-state index in [9.17, 15) is 13.6 Å². The molecular formula is C17H13F2NO3S. The Kier molecular flexibility index (Phi) is 4.71. The van der Waals surface area contributed by atoms with Crippen LogP contribution in [0.5, 0.6) is 0 Å². The Labute approximate surface area is 141 Å². The molecule has 124 valence electrons. The summed E-state index contributed by atoms with van der Waals surface area (Å²) in [4.78, 5) is 12.3. The molecule has 1 atom stereocenters. The van der Waals surface area contributed by atoms with Crippen LogP contribution in [0.2, 0.25) is 0 Å². The van der Waals surface area contributed by atoms with Gasteiger partial charge in [-0.1, -0.05) is 36.4 Å². The SMILES string of the molecule is NC1=C(OSCc2ccccc2)C(=O)C(c2ccc(F)c(F)c2)O1. The standard InChI is InChI=1S/C17H13F2NO3S/c18-12-7-6-11(8-13(12)19)15-14(21)16(17(20)22-15)23-24-9-10-4-2-1-3-5-10/h1-8,15H,9,20H2. The molecule has 24 heavy (non-hydrogen) atoms. The maximum Gasteiger partial charge on any atom is 0.249 e. The minimum atomic E-state index is -1.13. The number of rotatable bonds is 5. The van der Waals surface area contributed by atoms with E-state index in [0.29, 0.717) is 5.75 Å². The van der Waals surface area contributed by atoms with Crippen LogP contribution in [0.3, 0.4) is 0 Å². The van der Waals surface area contributed by atoms with Gasteiger partial charge in [0.25, 0.3) is 0 Å². The van der Waals surface area contributed by atoms with Gasteiger partial charge in [0.05, 0.1) is 17.8 Å². The molecule has 0 fully saturated rings. The molecule has 2 aromatic rings. The second kappa shape index (κ2) is 6.92. The summed E-state index contributed by atoms with van der Waals surface area (Å²) in [6, 6.07) is 12.6. The van der Waals surface area contributed by atoms with Crippen LogP contribution in [0.4, 0.5) is 8.78 Å². The number of benzene rings is 2. The molecule has 0 amide bonds. The minimum absolute atomic E-state index is 0.120. The number of carbonyl (C=O) groups excluding carboxylic acids is 1. The molecule has 4 nitrogen and oxygen atoms in total. The fourth-order valence-electron chi connectivity index (χ4n) is 2.18. The van der Waals surface area contributed by atoms with E-state index in [1.807, 2.05) is 30.3 Å². The van der Waals surface area contributed by atoms with E-state index in [1.54, 1.807) is 0 Å². The predicted octanol–water partition coefficient (Wildman–Crippen LogP) is 3.60. The van der Waals surface area contributed by atoms with Gasteiger partial charge < -0.3 is 14.7 Å². The first kappa shape index (κ1) is 16.3. The Bertz CT molecular complexity index is 796. The summed E-state index contributed by atoms with van der Waals surface area (Å²) in [5, 5.41) is 0. The molecule has 0 saturated carbocycles. The second-order valence-electron chi connectivity index (χ2n) is 5.06. The van der Waals surface area contributed by atoms with Gasteiger partial charge in [0.15, 0.2) is 17.7 Å². The lowest BCUT2D eigenvalue weighted by Gasteiger charge is -2.10. The third kappa shape index (κ3) is 3.35. The summed E-state index contributed by atoms with van der Waals surface area (Å²) in [5.74, 6) is -2.36. The molecule has 2 aromatic carbocycles. The zero-order valence-electron chi connectivity index (χ0n) is 12.4. The highest BCUT2D eigenvalue weighted by Crippen LogP contribution is 2.34. The van der Waals surface area contributed by atoms with Gasteiger partial charge in [-0.3, -0.25) is 4.79 Å². The van der Waals surface area contributed by atoms with Crippen molar-refractivity contribution < 1.29 is 22.5 Å². The molecule has 0 aliphatic carbocycles. The average Bonchev–Trinajstić information content (AvgIpc) is 2.86. The third-order valence-corrected chi connectivity index (χ3v) is 4.12. The highest BCUT2D eigenvalue weighted by molar-refractivity contribution is 7.94. The highest BCUT2D eigenvalue weighted by atomic mass is 32.2. The largest absolute Gasteiger partial charge is 0.460 e. The van der Waals surface area contributed by atoms with Crippen molar-refractivity contribution in [3.63, 3.8) is 0 Å². The molecule has 0 aromatic heterocycles. The summed E-state index contributed by atoms with van der Waals surface area (Å²) < 4.78 is 36.9. The number of hydrogen-bond donors (Lipinski definition) is 1. The quantitative estimate of drug-likeness (QED) is 0.836. The molecule has 1 unspecified atom stereocenters. The fourth-order valence-corrected chi connectivity index (χ4v) is 2.85. The summed E-state index contributed by atoms with van der Waals surface area (Å²) in [7, 11) is 0. The normalized spacial score (nSPS) is 17.1. The Morgan fingerprint density at radius 2 is 1.88 bits per heavy atom. The van der Waals surface area contributed by atoms with Crippen LogP contribution < -0.4 is 5.73 Å². The van der Waals surface area contributed by atoms with Gasteiger partial charge in [-0.15, -0.1) is 0 Å². The number of carbonyl (C=O) groups is 1. The van der Waals surface area contributed by atoms with Gasteiger partial charge in [0.1, 0.15) is 0 Å². The molecule has 0 radical (unpaired) electrons. The van der Waals surface area contributed by atoms with Crippen LogP contribution in [0.1, 0.15) is 17.2 Å². The van der Waals surface area contributed by atoms with E-state index in [-0.39, 0.29) is 17.2 Å². The van der Waals surface area contributed by atoms with Gasteiger partial charge in [-0.2, -0.15) is 0 Å². The maximum atomic E-state index is 13.3. The summed E-state index contributed by atoms with van der Waals surface area (Å²) in [5.41, 5.74) is 6.87. The smallest absolute Gasteiger partial charge is 0.249 e. The molecule has 1 aliphatic heterocycles. The number of ether oxygens (including phenoxy) is 1. The van der Waals surface area contributed by atoms with Crippen molar-refractivity contribution in [2.75, 3.05) is 0 Å². The average molecular weight is 349 g/mol. The lowest BCUT2D eigenvalue weighted by atomic mass is 10.1. The fraction of sp³-hybridized carbons (Fsp3) is 0.118. The Morgan fingerprint density at radius 1 is 1.12 bits per heavy atom. The summed E-state index contributed by atoms with van der Waals surface area (Å²) in [6.07, 6.45) is -1.13. The molecule has 0 spiro atoms. The maximum absolute atomic E-state index is 13.3. The van der Waals surface area contributed by atoms with Crippen molar-refractivity contribution in [2.45, 2.75) is 11.9 Å². The lowest BCUT2D eigenvalue weighted by Crippen LogP contribution is -2.11. The molecule has 3 rings (SSSR count). The zero-order valence-corrected chi connectivity index (χ0v) is 13.2. The van der Waals surface area contributed by atoms with E-state index in [0.717, 1.165) is 29.7 Å². The Balaban J connectivity index is 1.65. The first-order chi connectivity index (χ1) is 11.6. The van der Waals surface area contributed by atoms with Gasteiger partial charge in [-0.05, 0) is 17.7 Å². The van der Waals surface area contributed by atoms with Crippen LogP contribution >= 0.6 is 12.0 Å². The first-order valence-electron chi connectivity index (χ1n) is 7.05. The van der Waals surface area contributed by atoms with Crippen LogP contribution in [0.25, 0.3) is 0 Å². The topological polar surface area (TPSA) is 61.5 Å². The van der Waals surface area contributed by atoms with E-state index in [2.05, 4.69) is 0 Å². The predicted molar refractivity (Wildman–Crippen MR) is 85.2 cm³/mol. The molecule has 0 bridgehead atoms. The van der Waals surface area contributed by atoms with Gasteiger partial charge >= 0.3 is 0 Å². The molecular weight excluding hydrogens is 336 g/mol. The van der Waals surface area contributed by atoms with E-state index in [4.69, 9.17) is 14.7 Å². The van der Waals surface area contributed by atoms with Crippen LogP contribution in [0.15, 0.2) is 60.2 Å². The van der Waals surface area contributed by atoms with Crippen molar-refractivity contribution >= 4 is 17.8 Å². The minimum Gasteiger partial charge on any atom is -0.460 e. The van der Waals surface area contributed by atoms with Gasteiger partial charge in [-0.25, -0.2) is 8.78 Å².